The second-order valence-electron chi connectivity index (χ2n) is 4.04. The quantitative estimate of drug-likeness (QED) is 0.674. The Morgan fingerprint density at radius 2 is 2.17 bits per heavy atom. The van der Waals surface area contributed by atoms with E-state index in [4.69, 9.17) is 16.9 Å². The Bertz CT molecular complexity index is 530. The molecule has 1 amide bonds. The van der Waals surface area contributed by atoms with Crippen molar-refractivity contribution in [3.63, 3.8) is 0 Å². The van der Waals surface area contributed by atoms with Crippen LogP contribution in [-0.4, -0.2) is 24.9 Å². The van der Waals surface area contributed by atoms with Crippen LogP contribution in [0.1, 0.15) is 5.56 Å². The first kappa shape index (κ1) is 14.1. The molecule has 0 aromatic heterocycles. The third-order valence-electron chi connectivity index (χ3n) is 2.18. The van der Waals surface area contributed by atoms with Crippen LogP contribution in [0.5, 0.6) is 0 Å². The van der Waals surface area contributed by atoms with Gasteiger partial charge in [0, 0.05) is 31.0 Å². The van der Waals surface area contributed by atoms with Crippen molar-refractivity contribution in [3.05, 3.63) is 40.6 Å². The topological polar surface area (TPSA) is 56.1 Å². The number of aryl methyl sites for hydroxylation is 1. The number of benzene rings is 1. The summed E-state index contributed by atoms with van der Waals surface area (Å²) in [5.41, 5.74) is 1.53. The highest BCUT2D eigenvalue weighted by Crippen LogP contribution is 2.20. The third kappa shape index (κ3) is 3.79. The number of halogens is 1. The minimum Gasteiger partial charge on any atom is -0.382 e. The number of carbonyl (C=O) groups is 1. The van der Waals surface area contributed by atoms with E-state index >= 15 is 0 Å². The fraction of sp³-hybridized carbons (Fsp3) is 0.231. The minimum absolute atomic E-state index is 0.0386. The zero-order valence-corrected chi connectivity index (χ0v) is 11.2. The lowest BCUT2D eigenvalue weighted by molar-refractivity contribution is -0.112. The van der Waals surface area contributed by atoms with Gasteiger partial charge in [-0.1, -0.05) is 17.7 Å². The molecule has 0 bridgehead atoms. The van der Waals surface area contributed by atoms with Gasteiger partial charge >= 0.3 is 0 Å². The van der Waals surface area contributed by atoms with Crippen LogP contribution in [0.25, 0.3) is 0 Å². The van der Waals surface area contributed by atoms with E-state index in [1.807, 2.05) is 13.0 Å². The Morgan fingerprint density at radius 3 is 2.67 bits per heavy atom. The Labute approximate surface area is 111 Å². The lowest BCUT2D eigenvalue weighted by Gasteiger charge is -2.08. The van der Waals surface area contributed by atoms with E-state index in [-0.39, 0.29) is 5.57 Å². The fourth-order valence-corrected chi connectivity index (χ4v) is 1.45. The fourth-order valence-electron chi connectivity index (χ4n) is 1.27. The van der Waals surface area contributed by atoms with Crippen LogP contribution in [0.3, 0.4) is 0 Å². The van der Waals surface area contributed by atoms with Crippen molar-refractivity contribution in [2.24, 2.45) is 0 Å². The molecule has 0 radical (unpaired) electrons. The molecule has 4 nitrogen and oxygen atoms in total. The molecular formula is C13H14ClN3O. The maximum Gasteiger partial charge on any atom is 0.267 e. The first-order valence-electron chi connectivity index (χ1n) is 5.30. The molecule has 0 aliphatic rings. The largest absolute Gasteiger partial charge is 0.382 e. The van der Waals surface area contributed by atoms with Crippen molar-refractivity contribution in [2.45, 2.75) is 6.92 Å². The van der Waals surface area contributed by atoms with Crippen molar-refractivity contribution < 1.29 is 4.79 Å². The molecule has 18 heavy (non-hydrogen) atoms. The van der Waals surface area contributed by atoms with Gasteiger partial charge in [-0.2, -0.15) is 5.26 Å². The summed E-state index contributed by atoms with van der Waals surface area (Å²) in [6.07, 6.45) is 1.46. The van der Waals surface area contributed by atoms with E-state index < -0.39 is 5.91 Å². The predicted octanol–water partition coefficient (Wildman–Crippen LogP) is 2.56. The average molecular weight is 264 g/mol. The van der Waals surface area contributed by atoms with Gasteiger partial charge in [-0.15, -0.1) is 0 Å². The second-order valence-corrected chi connectivity index (χ2v) is 4.44. The second kappa shape index (κ2) is 6.08. The first-order valence-corrected chi connectivity index (χ1v) is 5.67. The Balaban J connectivity index is 2.87. The van der Waals surface area contributed by atoms with Crippen molar-refractivity contribution in [3.8, 4) is 6.07 Å². The van der Waals surface area contributed by atoms with Crippen molar-refractivity contribution in [1.29, 1.82) is 5.26 Å². The molecule has 1 rings (SSSR count). The summed E-state index contributed by atoms with van der Waals surface area (Å²) in [6, 6.07) is 7.05. The molecule has 1 N–H and O–H groups in total. The van der Waals surface area contributed by atoms with Crippen molar-refractivity contribution >= 4 is 23.2 Å². The Morgan fingerprint density at radius 1 is 1.50 bits per heavy atom. The number of hydrogen-bond acceptors (Lipinski definition) is 3. The highest BCUT2D eigenvalue weighted by molar-refractivity contribution is 6.31. The summed E-state index contributed by atoms with van der Waals surface area (Å²) in [4.78, 5) is 13.4. The Kier molecular flexibility index (Phi) is 4.75. The van der Waals surface area contributed by atoms with Crippen LogP contribution < -0.4 is 5.32 Å². The van der Waals surface area contributed by atoms with Crippen LogP contribution >= 0.6 is 11.6 Å². The van der Waals surface area contributed by atoms with E-state index in [1.54, 1.807) is 37.2 Å². The molecule has 1 aromatic carbocycles. The van der Waals surface area contributed by atoms with E-state index in [1.165, 1.54) is 6.20 Å². The highest BCUT2D eigenvalue weighted by Gasteiger charge is 2.10. The maximum atomic E-state index is 11.8. The SMILES string of the molecule is Cc1ccc(NC(=O)/C(C#N)=C\N(C)C)cc1Cl. The number of nitrogens with one attached hydrogen (secondary N) is 1. The molecule has 0 saturated heterocycles. The molecule has 0 atom stereocenters. The van der Waals surface area contributed by atoms with E-state index in [0.717, 1.165) is 5.56 Å². The number of amides is 1. The Hall–Kier alpha value is -1.99. The molecule has 0 spiro atoms. The van der Waals surface area contributed by atoms with Gasteiger partial charge in [0.05, 0.1) is 0 Å². The lowest BCUT2D eigenvalue weighted by Crippen LogP contribution is -2.16. The van der Waals surface area contributed by atoms with Crippen LogP contribution in [-0.2, 0) is 4.79 Å². The molecule has 0 fully saturated rings. The van der Waals surface area contributed by atoms with Crippen LogP contribution in [0, 0.1) is 18.3 Å². The van der Waals surface area contributed by atoms with E-state index in [2.05, 4.69) is 5.32 Å². The molecule has 0 aliphatic heterocycles. The minimum atomic E-state index is -0.453. The molecule has 5 heteroatoms. The van der Waals surface area contributed by atoms with Gasteiger partial charge in [0.25, 0.3) is 5.91 Å². The molecule has 0 heterocycles. The average Bonchev–Trinajstić information content (AvgIpc) is 2.30. The van der Waals surface area contributed by atoms with E-state index in [0.29, 0.717) is 10.7 Å². The summed E-state index contributed by atoms with van der Waals surface area (Å²) in [6.45, 7) is 1.88. The normalized spacial score (nSPS) is 10.7. The van der Waals surface area contributed by atoms with Gasteiger partial charge in [-0.3, -0.25) is 4.79 Å². The number of anilines is 1. The van der Waals surface area contributed by atoms with Crippen LogP contribution in [0.2, 0.25) is 5.02 Å². The third-order valence-corrected chi connectivity index (χ3v) is 2.59. The molecule has 94 valence electrons. The summed E-state index contributed by atoms with van der Waals surface area (Å²) in [7, 11) is 3.49. The molecule has 0 aliphatic carbocycles. The van der Waals surface area contributed by atoms with Crippen LogP contribution in [0.15, 0.2) is 30.0 Å². The van der Waals surface area contributed by atoms with Gasteiger partial charge in [0.1, 0.15) is 11.6 Å². The molecule has 0 saturated carbocycles. The molecule has 0 unspecified atom stereocenters. The summed E-state index contributed by atoms with van der Waals surface area (Å²) in [5, 5.41) is 12.1. The summed E-state index contributed by atoms with van der Waals surface area (Å²) < 4.78 is 0. The predicted molar refractivity (Wildman–Crippen MR) is 72.2 cm³/mol. The zero-order chi connectivity index (χ0) is 13.7. The highest BCUT2D eigenvalue weighted by atomic mass is 35.5. The molecular weight excluding hydrogens is 250 g/mol. The number of carbonyl (C=O) groups excluding carboxylic acids is 1. The summed E-state index contributed by atoms with van der Waals surface area (Å²) in [5.74, 6) is -0.453. The lowest BCUT2D eigenvalue weighted by atomic mass is 10.2. The van der Waals surface area contributed by atoms with Crippen molar-refractivity contribution in [1.82, 2.24) is 4.90 Å². The maximum absolute atomic E-state index is 11.8. The number of rotatable bonds is 3. The van der Waals surface area contributed by atoms with Gasteiger partial charge in [-0.25, -0.2) is 0 Å². The van der Waals surface area contributed by atoms with Gasteiger partial charge in [0.15, 0.2) is 0 Å². The monoisotopic (exact) mass is 263 g/mol. The number of nitriles is 1. The molecule has 1 aromatic rings. The first-order chi connectivity index (χ1) is 8.43. The van der Waals surface area contributed by atoms with Gasteiger partial charge in [-0.05, 0) is 24.6 Å². The number of nitrogens with zero attached hydrogens (tertiary/aromatic N) is 2. The number of hydrogen-bond donors (Lipinski definition) is 1. The summed E-state index contributed by atoms with van der Waals surface area (Å²) >= 11 is 5.96. The van der Waals surface area contributed by atoms with Crippen molar-refractivity contribution in [2.75, 3.05) is 19.4 Å². The smallest absolute Gasteiger partial charge is 0.267 e. The standard InChI is InChI=1S/C13H14ClN3O/c1-9-4-5-11(6-12(9)14)16-13(18)10(7-15)8-17(2)3/h4-6,8H,1-3H3,(H,16,18)/b10-8-. The van der Waals surface area contributed by atoms with E-state index in [9.17, 15) is 4.79 Å². The zero-order valence-electron chi connectivity index (χ0n) is 10.5. The van der Waals surface area contributed by atoms with Gasteiger partial charge < -0.3 is 10.2 Å². The van der Waals surface area contributed by atoms with Crippen LogP contribution in [0.4, 0.5) is 5.69 Å². The van der Waals surface area contributed by atoms with Gasteiger partial charge in [0.2, 0.25) is 0 Å².